The molecule has 1 amide bonds. The van der Waals surface area contributed by atoms with Crippen LogP contribution in [0.3, 0.4) is 0 Å². The average Bonchev–Trinajstić information content (AvgIpc) is 2.86. The van der Waals surface area contributed by atoms with Gasteiger partial charge in [0.1, 0.15) is 6.54 Å². The predicted octanol–water partition coefficient (Wildman–Crippen LogP) is -1.07. The average molecular weight is 252 g/mol. The van der Waals surface area contributed by atoms with Crippen molar-refractivity contribution < 1.29 is 4.79 Å². The van der Waals surface area contributed by atoms with E-state index in [4.69, 9.17) is 11.5 Å². The first-order valence-electron chi connectivity index (χ1n) is 6.20. The maximum atomic E-state index is 10.8. The highest BCUT2D eigenvalue weighted by molar-refractivity contribution is 5.73. The molecule has 1 aromatic rings. The Hall–Kier alpha value is -1.47. The number of carbonyl (C=O) groups is 1. The minimum Gasteiger partial charge on any atom is -0.368 e. The second kappa shape index (κ2) is 5.45. The van der Waals surface area contributed by atoms with Gasteiger partial charge >= 0.3 is 0 Å². The molecule has 1 fully saturated rings. The summed E-state index contributed by atoms with van der Waals surface area (Å²) < 4.78 is 1.47. The van der Waals surface area contributed by atoms with Crippen molar-refractivity contribution in [2.75, 3.05) is 13.1 Å². The third kappa shape index (κ3) is 3.05. The smallest absolute Gasteiger partial charge is 0.239 e. The van der Waals surface area contributed by atoms with E-state index >= 15 is 0 Å². The molecular weight excluding hydrogens is 232 g/mol. The summed E-state index contributed by atoms with van der Waals surface area (Å²) in [7, 11) is 0. The maximum Gasteiger partial charge on any atom is 0.239 e. The lowest BCUT2D eigenvalue weighted by Crippen LogP contribution is -2.27. The lowest BCUT2D eigenvalue weighted by Gasteiger charge is -2.19. The van der Waals surface area contributed by atoms with Crippen molar-refractivity contribution in [2.24, 2.45) is 17.4 Å². The Bertz CT molecular complexity index is 417. The molecule has 7 heteroatoms. The van der Waals surface area contributed by atoms with Crippen LogP contribution in [0.4, 0.5) is 0 Å². The summed E-state index contributed by atoms with van der Waals surface area (Å²) in [5, 5.41) is 7.93. The van der Waals surface area contributed by atoms with Crippen LogP contribution in [-0.4, -0.2) is 44.9 Å². The highest BCUT2D eigenvalue weighted by atomic mass is 16.1. The Morgan fingerprint density at radius 3 is 3.00 bits per heavy atom. The van der Waals surface area contributed by atoms with Gasteiger partial charge in [0.15, 0.2) is 0 Å². The van der Waals surface area contributed by atoms with Gasteiger partial charge in [0.05, 0.1) is 11.9 Å². The van der Waals surface area contributed by atoms with Crippen molar-refractivity contribution in [3.05, 3.63) is 11.9 Å². The molecule has 18 heavy (non-hydrogen) atoms. The Morgan fingerprint density at radius 1 is 1.61 bits per heavy atom. The van der Waals surface area contributed by atoms with Gasteiger partial charge in [-0.1, -0.05) is 5.21 Å². The van der Waals surface area contributed by atoms with Crippen LogP contribution in [-0.2, 0) is 17.9 Å². The zero-order chi connectivity index (χ0) is 13.1. The predicted molar refractivity (Wildman–Crippen MR) is 66.2 cm³/mol. The quantitative estimate of drug-likeness (QED) is 0.694. The SMILES string of the molecule is CC1CC(CN)CN1Cc1cn(CC(N)=O)nn1. The van der Waals surface area contributed by atoms with Crippen LogP contribution in [0.15, 0.2) is 6.20 Å². The van der Waals surface area contributed by atoms with Gasteiger partial charge in [0.25, 0.3) is 0 Å². The summed E-state index contributed by atoms with van der Waals surface area (Å²) in [6.45, 7) is 4.75. The van der Waals surface area contributed by atoms with E-state index in [1.807, 2.05) is 0 Å². The van der Waals surface area contributed by atoms with Crippen molar-refractivity contribution in [3.8, 4) is 0 Å². The third-order valence-electron chi connectivity index (χ3n) is 3.39. The number of carbonyl (C=O) groups excluding carboxylic acids is 1. The highest BCUT2D eigenvalue weighted by Crippen LogP contribution is 2.23. The third-order valence-corrected chi connectivity index (χ3v) is 3.39. The number of nitrogens with two attached hydrogens (primary N) is 2. The first-order chi connectivity index (χ1) is 8.58. The zero-order valence-corrected chi connectivity index (χ0v) is 10.6. The van der Waals surface area contributed by atoms with Crippen LogP contribution >= 0.6 is 0 Å². The number of rotatable bonds is 5. The monoisotopic (exact) mass is 252 g/mol. The van der Waals surface area contributed by atoms with Crippen LogP contribution < -0.4 is 11.5 Å². The second-order valence-corrected chi connectivity index (χ2v) is 4.99. The van der Waals surface area contributed by atoms with E-state index in [-0.39, 0.29) is 6.54 Å². The number of amides is 1. The van der Waals surface area contributed by atoms with Crippen LogP contribution in [0, 0.1) is 5.92 Å². The number of aromatic nitrogens is 3. The van der Waals surface area contributed by atoms with Crippen molar-refractivity contribution in [1.29, 1.82) is 0 Å². The van der Waals surface area contributed by atoms with Gasteiger partial charge in [-0.05, 0) is 25.8 Å². The van der Waals surface area contributed by atoms with Gasteiger partial charge in [-0.2, -0.15) is 0 Å². The van der Waals surface area contributed by atoms with E-state index in [1.54, 1.807) is 6.20 Å². The molecule has 0 aromatic carbocycles. The molecule has 0 radical (unpaired) electrons. The minimum atomic E-state index is -0.413. The van der Waals surface area contributed by atoms with Crippen molar-refractivity contribution >= 4 is 5.91 Å². The van der Waals surface area contributed by atoms with Crippen molar-refractivity contribution in [3.63, 3.8) is 0 Å². The fourth-order valence-corrected chi connectivity index (χ4v) is 2.46. The number of nitrogens with zero attached hydrogens (tertiary/aromatic N) is 4. The van der Waals surface area contributed by atoms with Crippen LogP contribution in [0.2, 0.25) is 0 Å². The van der Waals surface area contributed by atoms with E-state index in [0.717, 1.165) is 31.7 Å². The molecular formula is C11H20N6O. The molecule has 2 unspecified atom stereocenters. The second-order valence-electron chi connectivity index (χ2n) is 4.99. The Morgan fingerprint density at radius 2 is 2.39 bits per heavy atom. The maximum absolute atomic E-state index is 10.8. The van der Waals surface area contributed by atoms with E-state index in [1.165, 1.54) is 4.68 Å². The Kier molecular flexibility index (Phi) is 3.93. The van der Waals surface area contributed by atoms with Crippen LogP contribution in [0.5, 0.6) is 0 Å². The van der Waals surface area contributed by atoms with E-state index in [0.29, 0.717) is 12.0 Å². The van der Waals surface area contributed by atoms with E-state index in [2.05, 4.69) is 22.1 Å². The first-order valence-corrected chi connectivity index (χ1v) is 6.20. The van der Waals surface area contributed by atoms with Gasteiger partial charge < -0.3 is 11.5 Å². The van der Waals surface area contributed by atoms with E-state index < -0.39 is 5.91 Å². The Labute approximate surface area is 106 Å². The van der Waals surface area contributed by atoms with E-state index in [9.17, 15) is 4.79 Å². The van der Waals surface area contributed by atoms with Gasteiger partial charge in [0.2, 0.25) is 5.91 Å². The molecule has 100 valence electrons. The topological polar surface area (TPSA) is 103 Å². The van der Waals surface area contributed by atoms with Crippen molar-refractivity contribution in [1.82, 2.24) is 19.9 Å². The summed E-state index contributed by atoms with van der Waals surface area (Å²) in [5.74, 6) is 0.157. The summed E-state index contributed by atoms with van der Waals surface area (Å²) in [6.07, 6.45) is 2.90. The number of hydrogen-bond acceptors (Lipinski definition) is 5. The molecule has 1 saturated heterocycles. The number of likely N-dealkylation sites (tertiary alicyclic amines) is 1. The van der Waals surface area contributed by atoms with Gasteiger partial charge in [-0.25, -0.2) is 4.68 Å². The lowest BCUT2D eigenvalue weighted by atomic mass is 10.1. The number of primary amides is 1. The number of hydrogen-bond donors (Lipinski definition) is 2. The molecule has 1 aliphatic rings. The first kappa shape index (κ1) is 13.0. The normalized spacial score (nSPS) is 24.6. The summed E-state index contributed by atoms with van der Waals surface area (Å²) in [4.78, 5) is 13.1. The Balaban J connectivity index is 1.93. The summed E-state index contributed by atoms with van der Waals surface area (Å²) >= 11 is 0. The van der Waals surface area contributed by atoms with Crippen molar-refractivity contribution in [2.45, 2.75) is 32.5 Å². The molecule has 1 aliphatic heterocycles. The minimum absolute atomic E-state index is 0.0774. The fourth-order valence-electron chi connectivity index (χ4n) is 2.46. The van der Waals surface area contributed by atoms with Crippen LogP contribution in [0.1, 0.15) is 19.0 Å². The summed E-state index contributed by atoms with van der Waals surface area (Å²) in [5.41, 5.74) is 11.7. The highest BCUT2D eigenvalue weighted by Gasteiger charge is 2.28. The standard InChI is InChI=1S/C11H20N6O/c1-8-2-9(3-12)4-16(8)5-10-6-17(15-14-10)7-11(13)18/h6,8-9H,2-5,7,12H2,1H3,(H2,13,18). The molecule has 0 bridgehead atoms. The van der Waals surface area contributed by atoms with Gasteiger partial charge in [0, 0.05) is 19.1 Å². The molecule has 7 nitrogen and oxygen atoms in total. The molecule has 2 atom stereocenters. The fraction of sp³-hybridized carbons (Fsp3) is 0.727. The molecule has 1 aromatic heterocycles. The summed E-state index contributed by atoms with van der Waals surface area (Å²) in [6, 6.07) is 0.514. The van der Waals surface area contributed by atoms with Crippen LogP contribution in [0.25, 0.3) is 0 Å². The molecule has 2 heterocycles. The molecule has 0 spiro atoms. The molecule has 2 rings (SSSR count). The largest absolute Gasteiger partial charge is 0.368 e. The molecule has 0 aliphatic carbocycles. The lowest BCUT2D eigenvalue weighted by molar-refractivity contribution is -0.118. The van der Waals surface area contributed by atoms with Gasteiger partial charge in [-0.3, -0.25) is 9.69 Å². The van der Waals surface area contributed by atoms with Gasteiger partial charge in [-0.15, -0.1) is 5.10 Å². The molecule has 0 saturated carbocycles. The zero-order valence-electron chi connectivity index (χ0n) is 10.6. The molecule has 4 N–H and O–H groups in total.